The van der Waals surface area contributed by atoms with Gasteiger partial charge in [-0.3, -0.25) is 10.1 Å². The van der Waals surface area contributed by atoms with Gasteiger partial charge in [0.05, 0.1) is 22.7 Å². The van der Waals surface area contributed by atoms with E-state index in [1.165, 1.54) is 25.5 Å². The average molecular weight is 311 g/mol. The zero-order valence-corrected chi connectivity index (χ0v) is 11.8. The van der Waals surface area contributed by atoms with Crippen LogP contribution in [-0.2, 0) is 16.6 Å². The molecule has 0 atom stereocenters. The summed E-state index contributed by atoms with van der Waals surface area (Å²) in [6.45, 7) is 1.52. The average Bonchev–Trinajstić information content (AvgIpc) is 2.88. The number of nitro groups is 1. The number of aromatic amines is 1. The van der Waals surface area contributed by atoms with Gasteiger partial charge in [-0.15, -0.1) is 0 Å². The number of nitrogen functional groups attached to an aromatic ring is 1. The van der Waals surface area contributed by atoms with E-state index >= 15 is 0 Å². The minimum atomic E-state index is -3.90. The second-order valence-corrected chi connectivity index (χ2v) is 6.07. The number of nitro benzene ring substituents is 1. The highest BCUT2D eigenvalue weighted by Crippen LogP contribution is 2.28. The first-order valence-electron chi connectivity index (χ1n) is 5.82. The van der Waals surface area contributed by atoms with Gasteiger partial charge in [0.25, 0.3) is 5.69 Å². The number of nitrogens with zero attached hydrogens (tertiary/aromatic N) is 2. The lowest BCUT2D eigenvalue weighted by molar-refractivity contribution is -0.384. The standard InChI is InChI=1S/C11H13N5O4S/c1-7-2-9(12)10(16(17)18)3-11(7)21(19,20)15-5-8-4-13-6-14-8/h2-4,6,15H,5,12H2,1H3,(H,13,14). The minimum Gasteiger partial charge on any atom is -0.393 e. The number of H-pyrrole nitrogens is 1. The normalized spacial score (nSPS) is 11.5. The summed E-state index contributed by atoms with van der Waals surface area (Å²) in [5.74, 6) is 0. The molecule has 0 fully saturated rings. The van der Waals surface area contributed by atoms with Crippen molar-refractivity contribution in [1.82, 2.24) is 14.7 Å². The van der Waals surface area contributed by atoms with Gasteiger partial charge in [0.2, 0.25) is 10.0 Å². The highest BCUT2D eigenvalue weighted by Gasteiger charge is 2.23. The Balaban J connectivity index is 2.35. The number of benzene rings is 1. The number of nitrogens with two attached hydrogens (primary N) is 1. The molecule has 1 aromatic carbocycles. The van der Waals surface area contributed by atoms with Crippen molar-refractivity contribution in [1.29, 1.82) is 0 Å². The van der Waals surface area contributed by atoms with Crippen LogP contribution < -0.4 is 10.5 Å². The molecule has 0 unspecified atom stereocenters. The van der Waals surface area contributed by atoms with Crippen LogP contribution in [0.5, 0.6) is 0 Å². The van der Waals surface area contributed by atoms with Crippen molar-refractivity contribution in [2.45, 2.75) is 18.4 Å². The molecule has 2 rings (SSSR count). The fourth-order valence-corrected chi connectivity index (χ4v) is 3.03. The van der Waals surface area contributed by atoms with Gasteiger partial charge < -0.3 is 10.7 Å². The maximum absolute atomic E-state index is 12.2. The lowest BCUT2D eigenvalue weighted by atomic mass is 10.2. The molecular weight excluding hydrogens is 298 g/mol. The van der Waals surface area contributed by atoms with E-state index in [1.54, 1.807) is 0 Å². The first-order valence-corrected chi connectivity index (χ1v) is 7.31. The van der Waals surface area contributed by atoms with E-state index in [0.717, 1.165) is 6.07 Å². The van der Waals surface area contributed by atoms with Gasteiger partial charge in [0.1, 0.15) is 5.69 Å². The topological polar surface area (TPSA) is 144 Å². The molecule has 1 heterocycles. The van der Waals surface area contributed by atoms with E-state index in [9.17, 15) is 18.5 Å². The van der Waals surface area contributed by atoms with Crippen LogP contribution in [0.2, 0.25) is 0 Å². The Morgan fingerprint density at radius 1 is 1.48 bits per heavy atom. The SMILES string of the molecule is Cc1cc(N)c([N+](=O)[O-])cc1S(=O)(=O)NCc1cnc[nH]1. The molecule has 21 heavy (non-hydrogen) atoms. The van der Waals surface area contributed by atoms with Crippen LogP contribution in [0.4, 0.5) is 11.4 Å². The number of aromatic nitrogens is 2. The van der Waals surface area contributed by atoms with Crippen molar-refractivity contribution in [3.8, 4) is 0 Å². The summed E-state index contributed by atoms with van der Waals surface area (Å²) in [6, 6.07) is 2.23. The first kappa shape index (κ1) is 14.9. The zero-order chi connectivity index (χ0) is 15.6. The molecule has 2 aromatic rings. The molecule has 0 spiro atoms. The Hall–Kier alpha value is -2.46. The molecule has 4 N–H and O–H groups in total. The fraction of sp³-hybridized carbons (Fsp3) is 0.182. The quantitative estimate of drug-likeness (QED) is 0.421. The minimum absolute atomic E-state index is 0.0000522. The first-order chi connectivity index (χ1) is 9.81. The van der Waals surface area contributed by atoms with Crippen LogP contribution in [0.15, 0.2) is 29.6 Å². The van der Waals surface area contributed by atoms with Crippen LogP contribution in [0.1, 0.15) is 11.3 Å². The molecule has 0 saturated carbocycles. The van der Waals surface area contributed by atoms with Crippen molar-refractivity contribution >= 4 is 21.4 Å². The summed E-state index contributed by atoms with van der Waals surface area (Å²) in [5.41, 5.74) is 5.89. The summed E-state index contributed by atoms with van der Waals surface area (Å²) >= 11 is 0. The van der Waals surface area contributed by atoms with Gasteiger partial charge >= 0.3 is 0 Å². The van der Waals surface area contributed by atoms with Gasteiger partial charge in [0.15, 0.2) is 0 Å². The third kappa shape index (κ3) is 3.17. The number of hydrogen-bond donors (Lipinski definition) is 3. The zero-order valence-electron chi connectivity index (χ0n) is 11.0. The van der Waals surface area contributed by atoms with Crippen LogP contribution in [0, 0.1) is 17.0 Å². The molecule has 0 saturated heterocycles. The van der Waals surface area contributed by atoms with Crippen molar-refractivity contribution in [3.05, 3.63) is 46.0 Å². The highest BCUT2D eigenvalue weighted by molar-refractivity contribution is 7.89. The van der Waals surface area contributed by atoms with Gasteiger partial charge in [-0.1, -0.05) is 0 Å². The monoisotopic (exact) mass is 311 g/mol. The summed E-state index contributed by atoms with van der Waals surface area (Å²) < 4.78 is 26.8. The van der Waals surface area contributed by atoms with Crippen LogP contribution in [-0.4, -0.2) is 23.3 Å². The van der Waals surface area contributed by atoms with E-state index in [-0.39, 0.29) is 17.1 Å². The van der Waals surface area contributed by atoms with Crippen molar-refractivity contribution in [2.24, 2.45) is 0 Å². The van der Waals surface area contributed by atoms with Crippen LogP contribution in [0.3, 0.4) is 0 Å². The Bertz CT molecular complexity index is 770. The second kappa shape index (κ2) is 5.50. The Morgan fingerprint density at radius 3 is 2.76 bits per heavy atom. The molecule has 9 nitrogen and oxygen atoms in total. The van der Waals surface area contributed by atoms with Crippen molar-refractivity contribution < 1.29 is 13.3 Å². The van der Waals surface area contributed by atoms with Gasteiger partial charge in [-0.25, -0.2) is 18.1 Å². The lowest BCUT2D eigenvalue weighted by Crippen LogP contribution is -2.24. The molecule has 0 radical (unpaired) electrons. The summed E-state index contributed by atoms with van der Waals surface area (Å²) in [5, 5.41) is 10.9. The molecule has 1 aromatic heterocycles. The molecule has 112 valence electrons. The number of nitrogens with one attached hydrogen (secondary N) is 2. The molecule has 10 heteroatoms. The molecule has 0 amide bonds. The Morgan fingerprint density at radius 2 is 2.19 bits per heavy atom. The fourth-order valence-electron chi connectivity index (χ4n) is 1.78. The van der Waals surface area contributed by atoms with E-state index in [0.29, 0.717) is 11.3 Å². The maximum atomic E-state index is 12.2. The lowest BCUT2D eigenvalue weighted by Gasteiger charge is -2.09. The maximum Gasteiger partial charge on any atom is 0.293 e. The van der Waals surface area contributed by atoms with Gasteiger partial charge in [-0.05, 0) is 18.6 Å². The van der Waals surface area contributed by atoms with E-state index < -0.39 is 20.6 Å². The predicted molar refractivity (Wildman–Crippen MR) is 74.9 cm³/mol. The smallest absolute Gasteiger partial charge is 0.293 e. The predicted octanol–water partition coefficient (Wildman–Crippen LogP) is 0.687. The third-order valence-electron chi connectivity index (χ3n) is 2.82. The summed E-state index contributed by atoms with van der Waals surface area (Å²) in [7, 11) is -3.90. The van der Waals surface area contributed by atoms with E-state index in [2.05, 4.69) is 14.7 Å². The van der Waals surface area contributed by atoms with Gasteiger partial charge in [-0.2, -0.15) is 0 Å². The van der Waals surface area contributed by atoms with E-state index in [4.69, 9.17) is 5.73 Å². The largest absolute Gasteiger partial charge is 0.393 e. The molecule has 0 aliphatic heterocycles. The molecule has 0 aliphatic rings. The Kier molecular flexibility index (Phi) is 3.91. The number of rotatable bonds is 5. The van der Waals surface area contributed by atoms with Crippen molar-refractivity contribution in [3.63, 3.8) is 0 Å². The number of hydrogen-bond acceptors (Lipinski definition) is 6. The number of anilines is 1. The number of imidazole rings is 1. The third-order valence-corrected chi connectivity index (χ3v) is 4.36. The van der Waals surface area contributed by atoms with Gasteiger partial charge in [0, 0.05) is 18.0 Å². The number of aryl methyl sites for hydroxylation is 1. The second-order valence-electron chi connectivity index (χ2n) is 4.34. The number of sulfonamides is 1. The van der Waals surface area contributed by atoms with Crippen LogP contribution in [0.25, 0.3) is 0 Å². The van der Waals surface area contributed by atoms with Crippen LogP contribution >= 0.6 is 0 Å². The van der Waals surface area contributed by atoms with E-state index in [1.807, 2.05) is 0 Å². The summed E-state index contributed by atoms with van der Waals surface area (Å²) in [4.78, 5) is 16.5. The summed E-state index contributed by atoms with van der Waals surface area (Å²) in [6.07, 6.45) is 2.89. The molecule has 0 aliphatic carbocycles. The van der Waals surface area contributed by atoms with Crippen molar-refractivity contribution in [2.75, 3.05) is 5.73 Å². The molecular formula is C11H13N5O4S. The molecule has 0 bridgehead atoms. The Labute approximate surface area is 120 Å². The highest BCUT2D eigenvalue weighted by atomic mass is 32.2.